The average Bonchev–Trinajstić information content (AvgIpc) is 2.73. The Labute approximate surface area is 123 Å². The quantitative estimate of drug-likeness (QED) is 0.314. The van der Waals surface area contributed by atoms with E-state index >= 15 is 0 Å². The Morgan fingerprint density at radius 3 is 2.78 bits per heavy atom. The second-order valence-corrected chi connectivity index (χ2v) is 5.64. The minimum absolute atomic E-state index is 0.174. The number of alkyl halides is 1. The number of esters is 1. The molecule has 1 atom stereocenters. The summed E-state index contributed by atoms with van der Waals surface area (Å²) < 4.78 is 5.94. The van der Waals surface area contributed by atoms with E-state index < -0.39 is 0 Å². The van der Waals surface area contributed by atoms with E-state index in [1.54, 1.807) is 0 Å². The molecular formula is C14H22INO2. The third-order valence-electron chi connectivity index (χ3n) is 3.24. The monoisotopic (exact) mass is 363 g/mol. The Balaban J connectivity index is 3.06. The molecule has 0 saturated heterocycles. The van der Waals surface area contributed by atoms with Gasteiger partial charge in [0.25, 0.3) is 0 Å². The van der Waals surface area contributed by atoms with Gasteiger partial charge in [-0.25, -0.2) is 4.79 Å². The third kappa shape index (κ3) is 3.28. The molecule has 0 amide bonds. The van der Waals surface area contributed by atoms with E-state index in [9.17, 15) is 4.79 Å². The van der Waals surface area contributed by atoms with Gasteiger partial charge in [0.2, 0.25) is 0 Å². The Morgan fingerprint density at radius 1 is 1.67 bits per heavy atom. The van der Waals surface area contributed by atoms with Crippen LogP contribution in [0.1, 0.15) is 33.1 Å². The van der Waals surface area contributed by atoms with Gasteiger partial charge in [-0.2, -0.15) is 0 Å². The van der Waals surface area contributed by atoms with Crippen molar-refractivity contribution in [3.05, 3.63) is 23.9 Å². The Bertz CT molecular complexity index is 350. The van der Waals surface area contributed by atoms with Crippen LogP contribution in [0.25, 0.3) is 0 Å². The van der Waals surface area contributed by atoms with E-state index in [0.29, 0.717) is 12.1 Å². The molecule has 0 aliphatic carbocycles. The van der Waals surface area contributed by atoms with Crippen LogP contribution in [0.2, 0.25) is 0 Å². The molecular weight excluding hydrogens is 341 g/mol. The predicted molar refractivity (Wildman–Crippen MR) is 82.7 cm³/mol. The van der Waals surface area contributed by atoms with Gasteiger partial charge in [0.1, 0.15) is 0 Å². The first kappa shape index (κ1) is 15.5. The lowest BCUT2D eigenvalue weighted by Gasteiger charge is -2.32. The van der Waals surface area contributed by atoms with E-state index in [0.717, 1.165) is 35.0 Å². The second-order valence-electron chi connectivity index (χ2n) is 4.76. The average molecular weight is 363 g/mol. The summed E-state index contributed by atoms with van der Waals surface area (Å²) in [5.74, 6) is -0.174. The maximum atomic E-state index is 11.9. The van der Waals surface area contributed by atoms with Crippen LogP contribution in [0.15, 0.2) is 23.9 Å². The Hall–Kier alpha value is -0.520. The van der Waals surface area contributed by atoms with Crippen LogP contribution in [0, 0.1) is 0 Å². The zero-order chi connectivity index (χ0) is 13.7. The number of carbonyl (C=O) groups excluding carboxylic acids is 1. The smallest absolute Gasteiger partial charge is 0.335 e. The second kappa shape index (κ2) is 7.16. The van der Waals surface area contributed by atoms with Gasteiger partial charge in [-0.1, -0.05) is 28.7 Å². The highest BCUT2D eigenvalue weighted by Gasteiger charge is 2.35. The molecule has 0 aromatic carbocycles. The van der Waals surface area contributed by atoms with E-state index in [2.05, 4.69) is 47.9 Å². The number of ether oxygens (including phenoxy) is 1. The number of carbonyl (C=O) groups is 1. The summed E-state index contributed by atoms with van der Waals surface area (Å²) in [6, 6.07) is 0.825. The summed E-state index contributed by atoms with van der Waals surface area (Å²) in [6.45, 7) is 8.11. The normalized spacial score (nSPS) is 19.6. The fourth-order valence-electron chi connectivity index (χ4n) is 2.53. The highest BCUT2D eigenvalue weighted by molar-refractivity contribution is 14.1. The molecule has 0 spiro atoms. The van der Waals surface area contributed by atoms with E-state index in [1.165, 1.54) is 7.11 Å². The van der Waals surface area contributed by atoms with Gasteiger partial charge in [-0.15, -0.1) is 6.58 Å². The fourth-order valence-corrected chi connectivity index (χ4v) is 3.27. The number of hydrogen-bond acceptors (Lipinski definition) is 3. The maximum absolute atomic E-state index is 11.9. The zero-order valence-corrected chi connectivity index (χ0v) is 13.6. The molecule has 1 rings (SSSR count). The van der Waals surface area contributed by atoms with Gasteiger partial charge in [0.15, 0.2) is 0 Å². The standard InChI is InChI=1S/C14H22INO2/c1-5-6-7-13-12(14(17)18-4)8-11(9-15)16(13)10(2)3/h5,10-11H,1,6-9H2,2-4H3. The molecule has 0 saturated carbocycles. The van der Waals surface area contributed by atoms with Crippen LogP contribution in [0.4, 0.5) is 0 Å². The number of halogens is 1. The summed E-state index contributed by atoms with van der Waals surface area (Å²) in [6.07, 6.45) is 4.48. The van der Waals surface area contributed by atoms with Gasteiger partial charge in [0, 0.05) is 28.6 Å². The minimum atomic E-state index is -0.174. The largest absolute Gasteiger partial charge is 0.466 e. The van der Waals surface area contributed by atoms with Crippen molar-refractivity contribution in [3.63, 3.8) is 0 Å². The van der Waals surface area contributed by atoms with E-state index in [4.69, 9.17) is 4.74 Å². The minimum Gasteiger partial charge on any atom is -0.466 e. The van der Waals surface area contributed by atoms with Crippen molar-refractivity contribution < 1.29 is 9.53 Å². The first-order chi connectivity index (χ1) is 8.56. The molecule has 0 aromatic rings. The molecule has 1 heterocycles. The van der Waals surface area contributed by atoms with Crippen molar-refractivity contribution in [2.45, 2.75) is 45.2 Å². The van der Waals surface area contributed by atoms with Gasteiger partial charge in [-0.05, 0) is 26.7 Å². The van der Waals surface area contributed by atoms with Crippen molar-refractivity contribution in [1.29, 1.82) is 0 Å². The molecule has 0 bridgehead atoms. The first-order valence-electron chi connectivity index (χ1n) is 6.32. The number of allylic oxidation sites excluding steroid dienone is 2. The van der Waals surface area contributed by atoms with Crippen molar-refractivity contribution in [1.82, 2.24) is 4.90 Å². The Kier molecular flexibility index (Phi) is 6.18. The highest BCUT2D eigenvalue weighted by Crippen LogP contribution is 2.35. The van der Waals surface area contributed by atoms with Crippen LogP contribution in [0.5, 0.6) is 0 Å². The summed E-state index contributed by atoms with van der Waals surface area (Å²) in [7, 11) is 1.46. The topological polar surface area (TPSA) is 29.5 Å². The highest BCUT2D eigenvalue weighted by atomic mass is 127. The molecule has 1 aliphatic heterocycles. The van der Waals surface area contributed by atoms with E-state index in [-0.39, 0.29) is 5.97 Å². The molecule has 18 heavy (non-hydrogen) atoms. The molecule has 0 radical (unpaired) electrons. The number of nitrogens with zero attached hydrogens (tertiary/aromatic N) is 1. The van der Waals surface area contributed by atoms with E-state index in [1.807, 2.05) is 6.08 Å². The lowest BCUT2D eigenvalue weighted by Crippen LogP contribution is -2.36. The summed E-state index contributed by atoms with van der Waals surface area (Å²) in [5.41, 5.74) is 2.01. The van der Waals surface area contributed by atoms with Crippen molar-refractivity contribution >= 4 is 28.6 Å². The first-order valence-corrected chi connectivity index (χ1v) is 7.84. The summed E-state index contributed by atoms with van der Waals surface area (Å²) in [5, 5.41) is 0. The summed E-state index contributed by atoms with van der Waals surface area (Å²) >= 11 is 2.39. The molecule has 0 N–H and O–H groups in total. The van der Waals surface area contributed by atoms with Crippen LogP contribution < -0.4 is 0 Å². The predicted octanol–water partition coefficient (Wildman–Crippen LogP) is 3.30. The molecule has 3 nitrogen and oxygen atoms in total. The SMILES string of the molecule is C=CCCC1=C(C(=O)OC)CC(CI)N1C(C)C. The lowest BCUT2D eigenvalue weighted by molar-refractivity contribution is -0.136. The molecule has 1 aliphatic rings. The zero-order valence-electron chi connectivity index (χ0n) is 11.4. The van der Waals surface area contributed by atoms with Gasteiger partial charge >= 0.3 is 5.97 Å². The van der Waals surface area contributed by atoms with Crippen molar-refractivity contribution in [3.8, 4) is 0 Å². The lowest BCUT2D eigenvalue weighted by atomic mass is 10.1. The maximum Gasteiger partial charge on any atom is 0.335 e. The Morgan fingerprint density at radius 2 is 2.33 bits per heavy atom. The molecule has 1 unspecified atom stereocenters. The van der Waals surface area contributed by atoms with Gasteiger partial charge in [0.05, 0.1) is 12.7 Å². The number of rotatable bonds is 6. The van der Waals surface area contributed by atoms with Crippen molar-refractivity contribution in [2.24, 2.45) is 0 Å². The van der Waals surface area contributed by atoms with Crippen LogP contribution in [0.3, 0.4) is 0 Å². The number of hydrogen-bond donors (Lipinski definition) is 0. The van der Waals surface area contributed by atoms with Crippen LogP contribution in [-0.2, 0) is 9.53 Å². The molecule has 0 aromatic heterocycles. The molecule has 0 fully saturated rings. The third-order valence-corrected chi connectivity index (χ3v) is 4.26. The van der Waals surface area contributed by atoms with Gasteiger partial charge in [-0.3, -0.25) is 0 Å². The number of methoxy groups -OCH3 is 1. The fraction of sp³-hybridized carbons (Fsp3) is 0.643. The van der Waals surface area contributed by atoms with Crippen molar-refractivity contribution in [2.75, 3.05) is 11.5 Å². The van der Waals surface area contributed by atoms with Gasteiger partial charge < -0.3 is 9.64 Å². The molecule has 102 valence electrons. The summed E-state index contributed by atoms with van der Waals surface area (Å²) in [4.78, 5) is 14.3. The molecule has 4 heteroatoms. The van der Waals surface area contributed by atoms with Crippen LogP contribution >= 0.6 is 22.6 Å². The van der Waals surface area contributed by atoms with Crippen LogP contribution in [-0.4, -0.2) is 34.5 Å².